The van der Waals surface area contributed by atoms with Gasteiger partial charge in [-0.3, -0.25) is 4.79 Å². The number of nitrogens with zero attached hydrogens (tertiary/aromatic N) is 3. The van der Waals surface area contributed by atoms with Gasteiger partial charge in [-0.2, -0.15) is 5.10 Å². The number of fused-ring (bicyclic) bond motifs is 2. The fraction of sp³-hybridized carbons (Fsp3) is 0.0500. The summed E-state index contributed by atoms with van der Waals surface area (Å²) >= 11 is 0. The molecule has 0 radical (unpaired) electrons. The largest absolute Gasteiger partial charge is 0.349 e. The van der Waals surface area contributed by atoms with E-state index in [0.717, 1.165) is 21.1 Å². The summed E-state index contributed by atoms with van der Waals surface area (Å²) in [5.74, 6) is 2.61. The number of terminal acetylenes is 1. The van der Waals surface area contributed by atoms with E-state index in [4.69, 9.17) is 6.42 Å². The third-order valence-electron chi connectivity index (χ3n) is 4.18. The van der Waals surface area contributed by atoms with E-state index in [1.807, 2.05) is 35.0 Å². The zero-order chi connectivity index (χ0) is 18.1. The van der Waals surface area contributed by atoms with Gasteiger partial charge in [-0.05, 0) is 18.2 Å². The van der Waals surface area contributed by atoms with E-state index in [9.17, 15) is 9.59 Å². The molecule has 0 atom stereocenters. The molecule has 0 spiro atoms. The molecule has 0 saturated carbocycles. The van der Waals surface area contributed by atoms with Crippen LogP contribution in [0.25, 0.3) is 21.8 Å². The highest BCUT2D eigenvalue weighted by atomic mass is 16.2. The van der Waals surface area contributed by atoms with Crippen molar-refractivity contribution in [3.05, 3.63) is 81.1 Å². The summed E-state index contributed by atoms with van der Waals surface area (Å²) in [6.45, 7) is 0.421. The van der Waals surface area contributed by atoms with Gasteiger partial charge in [0.15, 0.2) is 0 Å². The van der Waals surface area contributed by atoms with E-state index in [2.05, 4.69) is 16.0 Å². The van der Waals surface area contributed by atoms with Gasteiger partial charge in [-0.25, -0.2) is 4.79 Å². The van der Waals surface area contributed by atoms with Crippen LogP contribution >= 0.6 is 0 Å². The first-order valence-corrected chi connectivity index (χ1v) is 7.99. The molecule has 0 amide bonds. The second kappa shape index (κ2) is 6.22. The van der Waals surface area contributed by atoms with E-state index in [1.165, 1.54) is 6.21 Å². The number of hydrogen-bond acceptors (Lipinski definition) is 3. The van der Waals surface area contributed by atoms with Gasteiger partial charge in [0.2, 0.25) is 0 Å². The standard InChI is InChI=1S/C20H14N4O2/c1-2-11-23-13-14(15-7-4-6-10-18(15)23)12-21-24-19(25)16-8-3-5-9-17(16)22-20(24)26/h1,3-10,12-13H,11H2,(H,22,26). The molecule has 2 aromatic heterocycles. The molecule has 0 unspecified atom stereocenters. The highest BCUT2D eigenvalue weighted by Crippen LogP contribution is 2.19. The summed E-state index contributed by atoms with van der Waals surface area (Å²) in [5, 5.41) is 5.46. The van der Waals surface area contributed by atoms with Crippen molar-refractivity contribution in [1.29, 1.82) is 0 Å². The van der Waals surface area contributed by atoms with Crippen LogP contribution < -0.4 is 11.2 Å². The maximum absolute atomic E-state index is 12.5. The number of hydrogen-bond donors (Lipinski definition) is 1. The smallest absolute Gasteiger partial charge is 0.335 e. The van der Waals surface area contributed by atoms with Gasteiger partial charge in [-0.15, -0.1) is 11.1 Å². The first kappa shape index (κ1) is 15.7. The minimum absolute atomic E-state index is 0.402. The first-order valence-electron chi connectivity index (χ1n) is 7.99. The Morgan fingerprint density at radius 2 is 1.81 bits per heavy atom. The van der Waals surface area contributed by atoms with E-state index < -0.39 is 11.2 Å². The average molecular weight is 342 g/mol. The quantitative estimate of drug-likeness (QED) is 0.458. The molecular weight excluding hydrogens is 328 g/mol. The molecule has 6 nitrogen and oxygen atoms in total. The Morgan fingerprint density at radius 1 is 1.08 bits per heavy atom. The lowest BCUT2D eigenvalue weighted by Crippen LogP contribution is -2.32. The molecular formula is C20H14N4O2. The monoisotopic (exact) mass is 342 g/mol. The molecule has 0 bridgehead atoms. The highest BCUT2D eigenvalue weighted by molar-refractivity contribution is 5.99. The van der Waals surface area contributed by atoms with Crippen molar-refractivity contribution < 1.29 is 0 Å². The van der Waals surface area contributed by atoms with Crippen LogP contribution in [0, 0.1) is 12.3 Å². The predicted molar refractivity (Wildman–Crippen MR) is 103 cm³/mol. The van der Waals surface area contributed by atoms with Crippen LogP contribution in [0.5, 0.6) is 0 Å². The van der Waals surface area contributed by atoms with Crippen LogP contribution in [-0.2, 0) is 6.54 Å². The van der Waals surface area contributed by atoms with Crippen molar-refractivity contribution >= 4 is 28.0 Å². The lowest BCUT2D eigenvalue weighted by atomic mass is 10.2. The SMILES string of the molecule is C#CCn1cc(C=Nn2c(=O)[nH]c3ccccc3c2=O)c2ccccc21. The minimum atomic E-state index is -0.586. The van der Waals surface area contributed by atoms with Crippen molar-refractivity contribution in [3.63, 3.8) is 0 Å². The van der Waals surface area contributed by atoms with E-state index >= 15 is 0 Å². The lowest BCUT2D eigenvalue weighted by molar-refractivity contribution is 0.771. The first-order chi connectivity index (χ1) is 12.7. The van der Waals surface area contributed by atoms with Crippen molar-refractivity contribution in [3.8, 4) is 12.3 Å². The zero-order valence-electron chi connectivity index (χ0n) is 13.7. The van der Waals surface area contributed by atoms with Gasteiger partial charge in [-0.1, -0.05) is 36.3 Å². The van der Waals surface area contributed by atoms with E-state index in [1.54, 1.807) is 24.3 Å². The van der Waals surface area contributed by atoms with Crippen LogP contribution in [0.4, 0.5) is 0 Å². The van der Waals surface area contributed by atoms with Gasteiger partial charge in [0.1, 0.15) is 0 Å². The molecule has 1 N–H and O–H groups in total. The number of para-hydroxylation sites is 2. The molecule has 0 saturated heterocycles. The molecule has 2 aromatic carbocycles. The van der Waals surface area contributed by atoms with Crippen LogP contribution in [0.2, 0.25) is 0 Å². The second-order valence-corrected chi connectivity index (χ2v) is 5.77. The Balaban J connectivity index is 1.87. The van der Waals surface area contributed by atoms with Crippen LogP contribution in [0.1, 0.15) is 5.56 Å². The van der Waals surface area contributed by atoms with Crippen molar-refractivity contribution in [1.82, 2.24) is 14.2 Å². The molecule has 4 aromatic rings. The molecule has 0 fully saturated rings. The summed E-state index contributed by atoms with van der Waals surface area (Å²) in [6, 6.07) is 14.6. The van der Waals surface area contributed by atoms with Gasteiger partial charge in [0, 0.05) is 22.7 Å². The highest BCUT2D eigenvalue weighted by Gasteiger charge is 2.08. The normalized spacial score (nSPS) is 11.3. The Kier molecular flexibility index (Phi) is 3.75. The minimum Gasteiger partial charge on any atom is -0.335 e. The molecule has 126 valence electrons. The number of rotatable bonds is 3. The Labute approximate surface area is 148 Å². The van der Waals surface area contributed by atoms with Gasteiger partial charge < -0.3 is 9.55 Å². The average Bonchev–Trinajstić information content (AvgIpc) is 3.00. The molecule has 0 aliphatic heterocycles. The lowest BCUT2D eigenvalue weighted by Gasteiger charge is -2.00. The van der Waals surface area contributed by atoms with Crippen LogP contribution in [-0.4, -0.2) is 20.4 Å². The van der Waals surface area contributed by atoms with E-state index in [-0.39, 0.29) is 0 Å². The fourth-order valence-electron chi connectivity index (χ4n) is 2.99. The molecule has 0 aliphatic rings. The van der Waals surface area contributed by atoms with Crippen molar-refractivity contribution in [2.45, 2.75) is 6.54 Å². The van der Waals surface area contributed by atoms with Crippen LogP contribution in [0.3, 0.4) is 0 Å². The zero-order valence-corrected chi connectivity index (χ0v) is 13.7. The maximum atomic E-state index is 12.5. The number of benzene rings is 2. The molecule has 4 rings (SSSR count). The summed E-state index contributed by atoms with van der Waals surface area (Å²) in [6.07, 6.45) is 8.78. The Hall–Kier alpha value is -3.85. The van der Waals surface area contributed by atoms with Gasteiger partial charge in [0.05, 0.1) is 23.7 Å². The number of aromatic amines is 1. The third-order valence-corrected chi connectivity index (χ3v) is 4.18. The topological polar surface area (TPSA) is 72.2 Å². The van der Waals surface area contributed by atoms with Crippen molar-refractivity contribution in [2.24, 2.45) is 5.10 Å². The number of aromatic nitrogens is 3. The second-order valence-electron chi connectivity index (χ2n) is 5.77. The predicted octanol–water partition coefficient (Wildman–Crippen LogP) is 2.16. The third kappa shape index (κ3) is 2.52. The molecule has 6 heteroatoms. The van der Waals surface area contributed by atoms with Gasteiger partial charge >= 0.3 is 5.69 Å². The fourth-order valence-corrected chi connectivity index (χ4v) is 2.99. The summed E-state index contributed by atoms with van der Waals surface area (Å²) < 4.78 is 2.75. The number of nitrogens with one attached hydrogen (secondary N) is 1. The van der Waals surface area contributed by atoms with Crippen LogP contribution in [0.15, 0.2) is 69.4 Å². The Morgan fingerprint density at radius 3 is 2.62 bits per heavy atom. The number of H-pyrrole nitrogens is 1. The Bertz CT molecular complexity index is 1320. The van der Waals surface area contributed by atoms with Crippen molar-refractivity contribution in [2.75, 3.05) is 0 Å². The molecule has 2 heterocycles. The summed E-state index contributed by atoms with van der Waals surface area (Å²) in [7, 11) is 0. The van der Waals surface area contributed by atoms with E-state index in [0.29, 0.717) is 17.4 Å². The van der Waals surface area contributed by atoms with Gasteiger partial charge in [0.25, 0.3) is 5.56 Å². The summed E-state index contributed by atoms with van der Waals surface area (Å²) in [5.41, 5.74) is 1.17. The molecule has 26 heavy (non-hydrogen) atoms. The molecule has 0 aliphatic carbocycles. The summed E-state index contributed by atoms with van der Waals surface area (Å²) in [4.78, 5) is 27.4. The maximum Gasteiger partial charge on any atom is 0.349 e.